The van der Waals surface area contributed by atoms with Gasteiger partial charge in [-0.1, -0.05) is 11.3 Å². The Bertz CT molecular complexity index is 506. The summed E-state index contributed by atoms with van der Waals surface area (Å²) in [6.45, 7) is 0.579. The number of rotatable bonds is 5. The molecule has 0 saturated heterocycles. The van der Waals surface area contributed by atoms with Crippen molar-refractivity contribution in [1.82, 2.24) is 10.2 Å². The average molecular weight is 265 g/mol. The zero-order valence-corrected chi connectivity index (χ0v) is 11.2. The van der Waals surface area contributed by atoms with Crippen LogP contribution >= 0.6 is 11.3 Å². The molecule has 0 spiro atoms. The number of methoxy groups -OCH3 is 2. The zero-order valence-electron chi connectivity index (χ0n) is 10.3. The Kier molecular flexibility index (Phi) is 4.11. The van der Waals surface area contributed by atoms with Gasteiger partial charge in [0.2, 0.25) is 0 Å². The van der Waals surface area contributed by atoms with Crippen molar-refractivity contribution in [3.63, 3.8) is 0 Å². The molecular formula is C12H15N3O2S. The van der Waals surface area contributed by atoms with Crippen LogP contribution in [0.15, 0.2) is 18.2 Å². The van der Waals surface area contributed by atoms with E-state index < -0.39 is 0 Å². The Labute approximate surface area is 110 Å². The van der Waals surface area contributed by atoms with Gasteiger partial charge < -0.3 is 15.2 Å². The summed E-state index contributed by atoms with van der Waals surface area (Å²) in [7, 11) is 3.25. The van der Waals surface area contributed by atoms with Gasteiger partial charge >= 0.3 is 0 Å². The first-order valence-electron chi connectivity index (χ1n) is 5.52. The topological polar surface area (TPSA) is 70.3 Å². The van der Waals surface area contributed by atoms with Crippen molar-refractivity contribution in [1.29, 1.82) is 0 Å². The number of aromatic nitrogens is 2. The molecule has 1 heterocycles. The molecule has 0 unspecified atom stereocenters. The van der Waals surface area contributed by atoms with E-state index in [0.717, 1.165) is 33.5 Å². The van der Waals surface area contributed by atoms with Crippen LogP contribution in [0, 0.1) is 0 Å². The monoisotopic (exact) mass is 265 g/mol. The number of ether oxygens (including phenoxy) is 2. The second-order valence-electron chi connectivity index (χ2n) is 3.64. The molecule has 0 saturated carbocycles. The molecule has 0 amide bonds. The Morgan fingerprint density at radius 1 is 1.11 bits per heavy atom. The Balaban J connectivity index is 2.35. The van der Waals surface area contributed by atoms with E-state index in [1.165, 1.54) is 11.3 Å². The smallest absolute Gasteiger partial charge is 0.148 e. The van der Waals surface area contributed by atoms with E-state index in [1.54, 1.807) is 14.2 Å². The maximum atomic E-state index is 5.50. The molecule has 96 valence electrons. The molecule has 6 heteroatoms. The molecule has 0 atom stereocenters. The van der Waals surface area contributed by atoms with E-state index in [4.69, 9.17) is 15.2 Å². The first kappa shape index (κ1) is 12.8. The van der Waals surface area contributed by atoms with Crippen molar-refractivity contribution in [2.24, 2.45) is 5.73 Å². The van der Waals surface area contributed by atoms with E-state index in [1.807, 2.05) is 18.2 Å². The largest absolute Gasteiger partial charge is 0.497 e. The van der Waals surface area contributed by atoms with Crippen LogP contribution in [0.4, 0.5) is 0 Å². The number of benzene rings is 1. The SMILES string of the molecule is COc1cc(OC)cc(-c2nnc(CCN)s2)c1. The summed E-state index contributed by atoms with van der Waals surface area (Å²) in [5, 5.41) is 10.0. The molecule has 18 heavy (non-hydrogen) atoms. The average Bonchev–Trinajstić information content (AvgIpc) is 2.87. The van der Waals surface area contributed by atoms with Gasteiger partial charge in [-0.2, -0.15) is 0 Å². The van der Waals surface area contributed by atoms with Crippen molar-refractivity contribution in [2.45, 2.75) is 6.42 Å². The lowest BCUT2D eigenvalue weighted by atomic mass is 10.2. The van der Waals surface area contributed by atoms with Gasteiger partial charge in [-0.25, -0.2) is 0 Å². The third-order valence-electron chi connectivity index (χ3n) is 2.42. The third kappa shape index (κ3) is 2.77. The number of hydrogen-bond donors (Lipinski definition) is 1. The highest BCUT2D eigenvalue weighted by molar-refractivity contribution is 7.14. The minimum atomic E-state index is 0.579. The Morgan fingerprint density at radius 3 is 2.33 bits per heavy atom. The molecule has 0 aliphatic heterocycles. The summed E-state index contributed by atoms with van der Waals surface area (Å²) >= 11 is 1.54. The van der Waals surface area contributed by atoms with E-state index in [2.05, 4.69) is 10.2 Å². The minimum Gasteiger partial charge on any atom is -0.497 e. The molecule has 0 bridgehead atoms. The first-order chi connectivity index (χ1) is 8.76. The van der Waals surface area contributed by atoms with Crippen molar-refractivity contribution >= 4 is 11.3 Å². The van der Waals surface area contributed by atoms with Crippen LogP contribution in [-0.2, 0) is 6.42 Å². The molecular weight excluding hydrogens is 250 g/mol. The molecule has 2 rings (SSSR count). The van der Waals surface area contributed by atoms with Crippen molar-refractivity contribution in [3.8, 4) is 22.1 Å². The zero-order chi connectivity index (χ0) is 13.0. The predicted octanol–water partition coefficient (Wildman–Crippen LogP) is 1.72. The lowest BCUT2D eigenvalue weighted by Gasteiger charge is -2.06. The molecule has 0 aliphatic carbocycles. The summed E-state index contributed by atoms with van der Waals surface area (Å²) in [6.07, 6.45) is 0.749. The van der Waals surface area contributed by atoms with E-state index in [-0.39, 0.29) is 0 Å². The Hall–Kier alpha value is -1.66. The highest BCUT2D eigenvalue weighted by Gasteiger charge is 2.09. The number of nitrogens with two attached hydrogens (primary N) is 1. The minimum absolute atomic E-state index is 0.579. The standard InChI is InChI=1S/C12H15N3O2S/c1-16-9-5-8(6-10(7-9)17-2)12-15-14-11(18-12)3-4-13/h5-7H,3-4,13H2,1-2H3. The van der Waals surface area contributed by atoms with Gasteiger partial charge in [0.15, 0.2) is 0 Å². The molecule has 5 nitrogen and oxygen atoms in total. The molecule has 0 fully saturated rings. The quantitative estimate of drug-likeness (QED) is 0.891. The van der Waals surface area contributed by atoms with Crippen molar-refractivity contribution in [3.05, 3.63) is 23.2 Å². The fraction of sp³-hybridized carbons (Fsp3) is 0.333. The van der Waals surface area contributed by atoms with Crippen LogP contribution in [0.3, 0.4) is 0 Å². The summed E-state index contributed by atoms with van der Waals surface area (Å²) in [6, 6.07) is 5.65. The van der Waals surface area contributed by atoms with Crippen LogP contribution in [0.1, 0.15) is 5.01 Å². The maximum absolute atomic E-state index is 5.50. The van der Waals surface area contributed by atoms with Gasteiger partial charge in [-0.05, 0) is 18.7 Å². The molecule has 1 aromatic carbocycles. The highest BCUT2D eigenvalue weighted by atomic mass is 32.1. The Morgan fingerprint density at radius 2 is 1.78 bits per heavy atom. The van der Waals surface area contributed by atoms with Crippen LogP contribution in [0.25, 0.3) is 10.6 Å². The van der Waals surface area contributed by atoms with E-state index in [0.29, 0.717) is 6.54 Å². The second-order valence-corrected chi connectivity index (χ2v) is 4.70. The summed E-state index contributed by atoms with van der Waals surface area (Å²) < 4.78 is 10.5. The lowest BCUT2D eigenvalue weighted by molar-refractivity contribution is 0.394. The van der Waals surface area contributed by atoms with E-state index >= 15 is 0 Å². The third-order valence-corrected chi connectivity index (χ3v) is 3.46. The van der Waals surface area contributed by atoms with Crippen molar-refractivity contribution in [2.75, 3.05) is 20.8 Å². The van der Waals surface area contributed by atoms with Gasteiger partial charge in [0.05, 0.1) is 14.2 Å². The lowest BCUT2D eigenvalue weighted by Crippen LogP contribution is -2.01. The fourth-order valence-corrected chi connectivity index (χ4v) is 2.37. The first-order valence-corrected chi connectivity index (χ1v) is 6.34. The van der Waals surface area contributed by atoms with E-state index in [9.17, 15) is 0 Å². The normalized spacial score (nSPS) is 10.4. The van der Waals surface area contributed by atoms with Crippen LogP contribution in [0.5, 0.6) is 11.5 Å². The van der Waals surface area contributed by atoms with Gasteiger partial charge in [-0.3, -0.25) is 0 Å². The van der Waals surface area contributed by atoms with Gasteiger partial charge in [0.25, 0.3) is 0 Å². The summed E-state index contributed by atoms with van der Waals surface area (Å²) in [4.78, 5) is 0. The van der Waals surface area contributed by atoms with Crippen LogP contribution in [0.2, 0.25) is 0 Å². The maximum Gasteiger partial charge on any atom is 0.148 e. The number of hydrogen-bond acceptors (Lipinski definition) is 6. The van der Waals surface area contributed by atoms with Crippen LogP contribution in [-0.4, -0.2) is 31.0 Å². The fourth-order valence-electron chi connectivity index (χ4n) is 1.53. The molecule has 0 aliphatic rings. The van der Waals surface area contributed by atoms with Gasteiger partial charge in [0, 0.05) is 18.1 Å². The second kappa shape index (κ2) is 5.79. The summed E-state index contributed by atoms with van der Waals surface area (Å²) in [5.74, 6) is 1.47. The van der Waals surface area contributed by atoms with Crippen molar-refractivity contribution < 1.29 is 9.47 Å². The van der Waals surface area contributed by atoms with Crippen LogP contribution < -0.4 is 15.2 Å². The summed E-state index contributed by atoms with van der Waals surface area (Å²) in [5.41, 5.74) is 6.44. The molecule has 2 aromatic rings. The number of nitrogens with zero attached hydrogens (tertiary/aromatic N) is 2. The molecule has 0 radical (unpaired) electrons. The highest BCUT2D eigenvalue weighted by Crippen LogP contribution is 2.31. The molecule has 1 aromatic heterocycles. The predicted molar refractivity (Wildman–Crippen MR) is 71.2 cm³/mol. The molecule has 2 N–H and O–H groups in total. The van der Waals surface area contributed by atoms with Gasteiger partial charge in [-0.15, -0.1) is 10.2 Å². The van der Waals surface area contributed by atoms with Gasteiger partial charge in [0.1, 0.15) is 21.5 Å².